The Morgan fingerprint density at radius 2 is 1.76 bits per heavy atom. The Balaban J connectivity index is 1.29. The first-order chi connectivity index (χ1) is 18.4. The molecule has 4 amide bonds. The molecule has 3 aliphatic rings. The number of ether oxygens (including phenoxy) is 1. The van der Waals surface area contributed by atoms with E-state index < -0.39 is 36.1 Å². The highest BCUT2D eigenvalue weighted by Gasteiger charge is 2.40. The maximum atomic E-state index is 14.9. The Bertz CT molecular complexity index is 1170. The molecule has 0 unspecified atom stereocenters. The number of nitrogens with zero attached hydrogens (tertiary/aromatic N) is 2. The monoisotopic (exact) mass is 526 g/mol. The van der Waals surface area contributed by atoms with Gasteiger partial charge in [0.2, 0.25) is 11.8 Å². The van der Waals surface area contributed by atoms with Crippen LogP contribution in [0.5, 0.6) is 0 Å². The molecule has 2 aliphatic heterocycles. The van der Waals surface area contributed by atoms with Crippen LogP contribution < -0.4 is 10.6 Å². The first-order valence-electron chi connectivity index (χ1n) is 13.1. The van der Waals surface area contributed by atoms with Crippen LogP contribution in [0.2, 0.25) is 0 Å². The van der Waals surface area contributed by atoms with Gasteiger partial charge in [0.25, 0.3) is 0 Å². The zero-order chi connectivity index (χ0) is 26.6. The zero-order valence-corrected chi connectivity index (χ0v) is 21.1. The van der Waals surface area contributed by atoms with Crippen LogP contribution in [-0.4, -0.2) is 79.3 Å². The second-order valence-electron chi connectivity index (χ2n) is 10.1. The molecule has 1 aliphatic carbocycles. The van der Waals surface area contributed by atoms with Crippen molar-refractivity contribution < 1.29 is 27.9 Å². The number of halogens is 2. The summed E-state index contributed by atoms with van der Waals surface area (Å²) in [6, 6.07) is 12.0. The summed E-state index contributed by atoms with van der Waals surface area (Å²) in [4.78, 5) is 41.5. The summed E-state index contributed by atoms with van der Waals surface area (Å²) in [5.74, 6) is -1.13. The number of benzene rings is 2. The maximum Gasteiger partial charge on any atom is 0.317 e. The number of morpholine rings is 1. The van der Waals surface area contributed by atoms with Gasteiger partial charge in [-0.25, -0.2) is 13.6 Å². The van der Waals surface area contributed by atoms with E-state index >= 15 is 0 Å². The van der Waals surface area contributed by atoms with Gasteiger partial charge in [0.1, 0.15) is 18.0 Å². The first kappa shape index (κ1) is 26.1. The van der Waals surface area contributed by atoms with E-state index in [1.54, 1.807) is 11.0 Å². The number of rotatable bonds is 7. The minimum Gasteiger partial charge on any atom is -0.378 e. The molecule has 0 spiro atoms. The van der Waals surface area contributed by atoms with Gasteiger partial charge in [-0.1, -0.05) is 42.5 Å². The molecule has 5 rings (SSSR count). The molecule has 0 radical (unpaired) electrons. The van der Waals surface area contributed by atoms with E-state index in [2.05, 4.69) is 10.6 Å². The largest absolute Gasteiger partial charge is 0.378 e. The van der Waals surface area contributed by atoms with Crippen LogP contribution in [0.4, 0.5) is 13.6 Å². The molecular formula is C28H32F2N4O4. The predicted molar refractivity (Wildman–Crippen MR) is 136 cm³/mol. The summed E-state index contributed by atoms with van der Waals surface area (Å²) in [7, 11) is 0. The molecule has 2 saturated heterocycles. The van der Waals surface area contributed by atoms with Crippen molar-refractivity contribution in [2.75, 3.05) is 39.4 Å². The van der Waals surface area contributed by atoms with Crippen molar-refractivity contribution in [3.05, 3.63) is 71.0 Å². The van der Waals surface area contributed by atoms with E-state index in [4.69, 9.17) is 4.74 Å². The Morgan fingerprint density at radius 1 is 1.03 bits per heavy atom. The molecule has 2 N–H and O–H groups in total. The van der Waals surface area contributed by atoms with Crippen LogP contribution in [0, 0.1) is 5.82 Å². The number of nitrogens with one attached hydrogen (secondary N) is 2. The van der Waals surface area contributed by atoms with Gasteiger partial charge in [0.05, 0.1) is 32.3 Å². The SMILES string of the molecule is O=C(N[C@@H](c1ccccc1)c1ccc(C2CC2)c(F)c1)[C@@H]1C[C@@H](F)CN1C(=O)CNC(=O)N1CCOCC1. The number of amides is 4. The molecule has 202 valence electrons. The summed E-state index contributed by atoms with van der Waals surface area (Å²) < 4.78 is 34.6. The van der Waals surface area contributed by atoms with Crippen molar-refractivity contribution in [3.63, 3.8) is 0 Å². The number of hydrogen-bond acceptors (Lipinski definition) is 4. The highest BCUT2D eigenvalue weighted by Crippen LogP contribution is 2.42. The zero-order valence-electron chi connectivity index (χ0n) is 21.1. The lowest BCUT2D eigenvalue weighted by molar-refractivity contribution is -0.137. The molecule has 2 aromatic carbocycles. The van der Waals surface area contributed by atoms with Crippen molar-refractivity contribution in [2.45, 2.75) is 43.4 Å². The number of alkyl halides is 1. The fourth-order valence-electron chi connectivity index (χ4n) is 5.13. The van der Waals surface area contributed by atoms with E-state index in [9.17, 15) is 23.2 Å². The van der Waals surface area contributed by atoms with Crippen molar-refractivity contribution >= 4 is 17.8 Å². The normalized spacial score (nSPS) is 22.2. The molecule has 2 heterocycles. The van der Waals surface area contributed by atoms with Crippen molar-refractivity contribution in [3.8, 4) is 0 Å². The van der Waals surface area contributed by atoms with Gasteiger partial charge in [-0.2, -0.15) is 0 Å². The summed E-state index contributed by atoms with van der Waals surface area (Å²) in [6.45, 7) is 1.12. The second kappa shape index (κ2) is 11.5. The molecule has 3 atom stereocenters. The van der Waals surface area contributed by atoms with E-state index in [0.29, 0.717) is 37.4 Å². The summed E-state index contributed by atoms with van der Waals surface area (Å²) in [5, 5.41) is 5.50. The smallest absolute Gasteiger partial charge is 0.317 e. The molecule has 0 bridgehead atoms. The topological polar surface area (TPSA) is 91.0 Å². The minimum absolute atomic E-state index is 0.147. The van der Waals surface area contributed by atoms with Crippen LogP contribution in [0.25, 0.3) is 0 Å². The van der Waals surface area contributed by atoms with Gasteiger partial charge < -0.3 is 25.2 Å². The van der Waals surface area contributed by atoms with Crippen LogP contribution >= 0.6 is 0 Å². The van der Waals surface area contributed by atoms with Crippen LogP contribution in [0.3, 0.4) is 0 Å². The van der Waals surface area contributed by atoms with Crippen molar-refractivity contribution in [1.82, 2.24) is 20.4 Å². The maximum absolute atomic E-state index is 14.9. The lowest BCUT2D eigenvalue weighted by atomic mass is 9.96. The number of likely N-dealkylation sites (tertiary alicyclic amines) is 1. The Labute approximate surface area is 220 Å². The molecule has 3 fully saturated rings. The second-order valence-corrected chi connectivity index (χ2v) is 10.1. The lowest BCUT2D eigenvalue weighted by Crippen LogP contribution is -2.52. The van der Waals surface area contributed by atoms with Crippen LogP contribution in [-0.2, 0) is 14.3 Å². The number of urea groups is 1. The highest BCUT2D eigenvalue weighted by atomic mass is 19.1. The van der Waals surface area contributed by atoms with E-state index in [-0.39, 0.29) is 31.2 Å². The molecule has 2 aromatic rings. The van der Waals surface area contributed by atoms with Crippen molar-refractivity contribution in [2.24, 2.45) is 0 Å². The third-order valence-electron chi connectivity index (χ3n) is 7.36. The quantitative estimate of drug-likeness (QED) is 0.581. The lowest BCUT2D eigenvalue weighted by Gasteiger charge is -2.29. The van der Waals surface area contributed by atoms with Crippen LogP contribution in [0.15, 0.2) is 48.5 Å². The van der Waals surface area contributed by atoms with E-state index in [1.165, 1.54) is 11.0 Å². The number of carbonyl (C=O) groups is 3. The predicted octanol–water partition coefficient (Wildman–Crippen LogP) is 2.89. The van der Waals surface area contributed by atoms with Gasteiger partial charge in [-0.05, 0) is 41.5 Å². The standard InChI is InChI=1S/C28H32F2N4O4/c29-21-15-24(34(17-21)25(35)16-31-28(37)33-10-12-38-13-11-33)27(36)32-26(19-4-2-1-3-5-19)20-8-9-22(18-6-7-18)23(30)14-20/h1-5,8-9,14,18,21,24,26H,6-7,10-13,15-17H2,(H,31,37)(H,32,36)/t21-,24+,26+/m1/s1. The third kappa shape index (κ3) is 5.96. The number of hydrogen-bond donors (Lipinski definition) is 2. The first-order valence-corrected chi connectivity index (χ1v) is 13.1. The highest BCUT2D eigenvalue weighted by molar-refractivity contribution is 5.91. The van der Waals surface area contributed by atoms with Gasteiger partial charge in [-0.3, -0.25) is 9.59 Å². The molecule has 38 heavy (non-hydrogen) atoms. The minimum atomic E-state index is -1.37. The van der Waals surface area contributed by atoms with Gasteiger partial charge in [0, 0.05) is 19.5 Å². The van der Waals surface area contributed by atoms with Crippen LogP contribution in [0.1, 0.15) is 47.9 Å². The van der Waals surface area contributed by atoms with E-state index in [1.807, 2.05) is 36.4 Å². The fraction of sp³-hybridized carbons (Fsp3) is 0.464. The average Bonchev–Trinajstić information content (AvgIpc) is 3.71. The average molecular weight is 527 g/mol. The third-order valence-corrected chi connectivity index (χ3v) is 7.36. The molecule has 0 aromatic heterocycles. The Morgan fingerprint density at radius 3 is 2.45 bits per heavy atom. The summed E-state index contributed by atoms with van der Waals surface area (Å²) in [5.41, 5.74) is 1.99. The number of carbonyl (C=O) groups excluding carboxylic acids is 3. The molecular weight excluding hydrogens is 494 g/mol. The molecule has 8 nitrogen and oxygen atoms in total. The van der Waals surface area contributed by atoms with E-state index in [0.717, 1.165) is 18.4 Å². The Hall–Kier alpha value is -3.53. The van der Waals surface area contributed by atoms with Gasteiger partial charge in [-0.15, -0.1) is 0 Å². The van der Waals surface area contributed by atoms with Crippen molar-refractivity contribution in [1.29, 1.82) is 0 Å². The molecule has 10 heteroatoms. The Kier molecular flexibility index (Phi) is 7.87. The molecule has 1 saturated carbocycles. The summed E-state index contributed by atoms with van der Waals surface area (Å²) >= 11 is 0. The fourth-order valence-corrected chi connectivity index (χ4v) is 5.13. The van der Waals surface area contributed by atoms with Gasteiger partial charge in [0.15, 0.2) is 0 Å². The summed E-state index contributed by atoms with van der Waals surface area (Å²) in [6.07, 6.45) is 0.427. The van der Waals surface area contributed by atoms with Gasteiger partial charge >= 0.3 is 6.03 Å².